The highest BCUT2D eigenvalue weighted by Crippen LogP contribution is 2.20. The number of carbonyl (C=O) groups excluding carboxylic acids is 1. The van der Waals surface area contributed by atoms with Crippen molar-refractivity contribution in [2.75, 3.05) is 10.6 Å². The minimum absolute atomic E-state index is 0.118. The Bertz CT molecular complexity index is 721. The van der Waals surface area contributed by atoms with Gasteiger partial charge in [0, 0.05) is 24.1 Å². The third kappa shape index (κ3) is 5.94. The number of benzene rings is 1. The first kappa shape index (κ1) is 19.1. The Morgan fingerprint density at radius 1 is 1.04 bits per heavy atom. The van der Waals surface area contributed by atoms with Crippen LogP contribution in [0.3, 0.4) is 0 Å². The number of hydrogen-bond donors (Lipinski definition) is 2. The molecular weight excluding hydrogens is 340 g/mol. The minimum atomic E-state index is -0.228. The molecule has 1 saturated carbocycles. The van der Waals surface area contributed by atoms with Crippen molar-refractivity contribution in [1.29, 1.82) is 0 Å². The molecule has 0 radical (unpaired) electrons. The highest BCUT2D eigenvalue weighted by atomic mass is 16.5. The van der Waals surface area contributed by atoms with E-state index in [9.17, 15) is 4.79 Å². The Labute approximate surface area is 160 Å². The normalized spacial score (nSPS) is 15.2. The van der Waals surface area contributed by atoms with Gasteiger partial charge in [0.05, 0.1) is 11.7 Å². The lowest BCUT2D eigenvalue weighted by atomic mass is 10.1. The second-order valence-electron chi connectivity index (χ2n) is 7.27. The number of nitrogens with one attached hydrogen (secondary N) is 2. The summed E-state index contributed by atoms with van der Waals surface area (Å²) in [6.45, 7) is 3.95. The van der Waals surface area contributed by atoms with Crippen molar-refractivity contribution in [3.63, 3.8) is 0 Å². The summed E-state index contributed by atoms with van der Waals surface area (Å²) in [5.74, 6) is 1.14. The Balaban J connectivity index is 1.55. The zero-order valence-corrected chi connectivity index (χ0v) is 16.1. The number of nitrogens with zero attached hydrogens (tertiary/aromatic N) is 2. The van der Waals surface area contributed by atoms with Crippen LogP contribution in [-0.4, -0.2) is 28.0 Å². The average Bonchev–Trinajstić information content (AvgIpc) is 2.92. The van der Waals surface area contributed by atoms with Crippen LogP contribution in [0.2, 0.25) is 0 Å². The van der Waals surface area contributed by atoms with E-state index in [1.54, 1.807) is 12.4 Å². The lowest BCUT2D eigenvalue weighted by Gasteiger charge is -2.16. The molecule has 1 fully saturated rings. The van der Waals surface area contributed by atoms with Gasteiger partial charge in [-0.1, -0.05) is 25.7 Å². The Hall–Kier alpha value is -2.63. The van der Waals surface area contributed by atoms with Gasteiger partial charge in [0.2, 0.25) is 5.95 Å². The van der Waals surface area contributed by atoms with Gasteiger partial charge in [0.1, 0.15) is 5.75 Å². The van der Waals surface area contributed by atoms with Crippen molar-refractivity contribution in [2.24, 2.45) is 0 Å². The van der Waals surface area contributed by atoms with E-state index >= 15 is 0 Å². The molecule has 3 rings (SSSR count). The van der Waals surface area contributed by atoms with Crippen molar-refractivity contribution >= 4 is 17.5 Å². The molecule has 0 aliphatic heterocycles. The van der Waals surface area contributed by atoms with E-state index < -0.39 is 0 Å². The summed E-state index contributed by atoms with van der Waals surface area (Å²) in [4.78, 5) is 21.0. The lowest BCUT2D eigenvalue weighted by Crippen LogP contribution is -2.20. The maximum atomic E-state index is 12.4. The molecule has 6 heteroatoms. The van der Waals surface area contributed by atoms with Crippen LogP contribution in [0.1, 0.15) is 62.7 Å². The maximum Gasteiger partial charge on any atom is 0.258 e. The van der Waals surface area contributed by atoms with Crippen LogP contribution in [0, 0.1) is 0 Å². The quantitative estimate of drug-likeness (QED) is 0.726. The van der Waals surface area contributed by atoms with Gasteiger partial charge >= 0.3 is 0 Å². The SMILES string of the molecule is CC(C)Oc1ccc(NC(=O)c2cnc(NC3CCCCCC3)nc2)cc1. The van der Waals surface area contributed by atoms with E-state index in [1.807, 2.05) is 38.1 Å². The number of carbonyl (C=O) groups is 1. The topological polar surface area (TPSA) is 76.1 Å². The number of aromatic nitrogens is 2. The van der Waals surface area contributed by atoms with E-state index in [-0.39, 0.29) is 12.0 Å². The minimum Gasteiger partial charge on any atom is -0.491 e. The van der Waals surface area contributed by atoms with Crippen molar-refractivity contribution in [1.82, 2.24) is 9.97 Å². The van der Waals surface area contributed by atoms with Gasteiger partial charge in [-0.05, 0) is 51.0 Å². The molecule has 0 atom stereocenters. The monoisotopic (exact) mass is 368 g/mol. The first-order valence-electron chi connectivity index (χ1n) is 9.77. The van der Waals surface area contributed by atoms with Gasteiger partial charge in [0.15, 0.2) is 0 Å². The summed E-state index contributed by atoms with van der Waals surface area (Å²) in [6, 6.07) is 7.74. The van der Waals surface area contributed by atoms with Gasteiger partial charge in [-0.2, -0.15) is 0 Å². The van der Waals surface area contributed by atoms with Crippen LogP contribution >= 0.6 is 0 Å². The van der Waals surface area contributed by atoms with Crippen molar-refractivity contribution < 1.29 is 9.53 Å². The van der Waals surface area contributed by atoms with Crippen LogP contribution in [0.4, 0.5) is 11.6 Å². The molecule has 1 amide bonds. The van der Waals surface area contributed by atoms with Crippen LogP contribution < -0.4 is 15.4 Å². The molecule has 2 aromatic rings. The zero-order valence-electron chi connectivity index (χ0n) is 16.1. The second-order valence-corrected chi connectivity index (χ2v) is 7.27. The summed E-state index contributed by atoms with van der Waals surface area (Å²) in [6.07, 6.45) is 10.7. The van der Waals surface area contributed by atoms with Crippen LogP contribution in [0.25, 0.3) is 0 Å². The molecule has 0 spiro atoms. The largest absolute Gasteiger partial charge is 0.491 e. The van der Waals surface area contributed by atoms with E-state index in [4.69, 9.17) is 4.74 Å². The fraction of sp³-hybridized carbons (Fsp3) is 0.476. The molecule has 1 aliphatic carbocycles. The van der Waals surface area contributed by atoms with E-state index in [0.29, 0.717) is 23.2 Å². The van der Waals surface area contributed by atoms with E-state index in [0.717, 1.165) is 18.6 Å². The number of ether oxygens (including phenoxy) is 1. The van der Waals surface area contributed by atoms with Gasteiger partial charge in [0.25, 0.3) is 5.91 Å². The third-order valence-corrected chi connectivity index (χ3v) is 4.59. The van der Waals surface area contributed by atoms with E-state index in [2.05, 4.69) is 20.6 Å². The molecule has 0 bridgehead atoms. The predicted molar refractivity (Wildman–Crippen MR) is 107 cm³/mol. The standard InChI is InChI=1S/C21H28N4O2/c1-15(2)27-19-11-9-18(10-12-19)24-20(26)16-13-22-21(23-14-16)25-17-7-5-3-4-6-8-17/h9-15,17H,3-8H2,1-2H3,(H,24,26)(H,22,23,25). The van der Waals surface area contributed by atoms with Gasteiger partial charge in [-0.25, -0.2) is 9.97 Å². The van der Waals surface area contributed by atoms with Gasteiger partial charge in [-0.15, -0.1) is 0 Å². The summed E-state index contributed by atoms with van der Waals surface area (Å²) >= 11 is 0. The fourth-order valence-electron chi connectivity index (χ4n) is 3.22. The fourth-order valence-corrected chi connectivity index (χ4v) is 3.22. The van der Waals surface area contributed by atoms with Crippen molar-refractivity contribution in [3.8, 4) is 5.75 Å². The third-order valence-electron chi connectivity index (χ3n) is 4.59. The smallest absolute Gasteiger partial charge is 0.258 e. The average molecular weight is 368 g/mol. The first-order valence-corrected chi connectivity index (χ1v) is 9.77. The summed E-state index contributed by atoms with van der Waals surface area (Å²) in [7, 11) is 0. The maximum absolute atomic E-state index is 12.4. The van der Waals surface area contributed by atoms with Crippen molar-refractivity contribution in [3.05, 3.63) is 42.2 Å². The van der Waals surface area contributed by atoms with Crippen LogP contribution in [-0.2, 0) is 0 Å². The number of amides is 1. The van der Waals surface area contributed by atoms with Gasteiger partial charge < -0.3 is 15.4 Å². The summed E-state index contributed by atoms with van der Waals surface area (Å²) in [5, 5.41) is 6.24. The number of hydrogen-bond acceptors (Lipinski definition) is 5. The molecule has 2 N–H and O–H groups in total. The van der Waals surface area contributed by atoms with Crippen LogP contribution in [0.5, 0.6) is 5.75 Å². The predicted octanol–water partition coefficient (Wildman–Crippen LogP) is 4.65. The molecular formula is C21H28N4O2. The molecule has 0 unspecified atom stereocenters. The number of rotatable bonds is 6. The van der Waals surface area contributed by atoms with Crippen LogP contribution in [0.15, 0.2) is 36.7 Å². The molecule has 0 saturated heterocycles. The molecule has 144 valence electrons. The van der Waals surface area contributed by atoms with Gasteiger partial charge in [-0.3, -0.25) is 4.79 Å². The first-order chi connectivity index (χ1) is 13.1. The molecule has 1 aliphatic rings. The summed E-state index contributed by atoms with van der Waals surface area (Å²) < 4.78 is 5.60. The highest BCUT2D eigenvalue weighted by Gasteiger charge is 2.14. The number of anilines is 2. The molecule has 6 nitrogen and oxygen atoms in total. The Morgan fingerprint density at radius 2 is 1.67 bits per heavy atom. The Kier molecular flexibility index (Phi) is 6.63. The lowest BCUT2D eigenvalue weighted by molar-refractivity contribution is 0.102. The second kappa shape index (κ2) is 9.35. The molecule has 1 aromatic heterocycles. The van der Waals surface area contributed by atoms with Crippen molar-refractivity contribution in [2.45, 2.75) is 64.5 Å². The molecule has 1 aromatic carbocycles. The van der Waals surface area contributed by atoms with E-state index in [1.165, 1.54) is 25.7 Å². The molecule has 27 heavy (non-hydrogen) atoms. The summed E-state index contributed by atoms with van der Waals surface area (Å²) in [5.41, 5.74) is 1.14. The zero-order chi connectivity index (χ0) is 19.1. The highest BCUT2D eigenvalue weighted by molar-refractivity contribution is 6.03. The Morgan fingerprint density at radius 3 is 2.26 bits per heavy atom. The molecule has 1 heterocycles.